The molecule has 1 amide bonds. The van der Waals surface area contributed by atoms with Gasteiger partial charge >= 0.3 is 0 Å². The van der Waals surface area contributed by atoms with Crippen molar-refractivity contribution in [1.29, 1.82) is 0 Å². The Labute approximate surface area is 141 Å². The van der Waals surface area contributed by atoms with Crippen LogP contribution in [0.2, 0.25) is 0 Å². The van der Waals surface area contributed by atoms with Gasteiger partial charge in [0.2, 0.25) is 11.0 Å². The van der Waals surface area contributed by atoms with Crippen LogP contribution in [0.4, 0.5) is 5.13 Å². The summed E-state index contributed by atoms with van der Waals surface area (Å²) < 4.78 is 5.58. The zero-order chi connectivity index (χ0) is 16.5. The second-order valence-electron chi connectivity index (χ2n) is 5.25. The van der Waals surface area contributed by atoms with E-state index in [0.29, 0.717) is 18.2 Å². The number of ether oxygens (including phenoxy) is 1. The SMILES string of the molecule is CCCCc1nnc(NC(=O)CCOc2ccc(CC)cc2)s1. The van der Waals surface area contributed by atoms with E-state index in [2.05, 4.69) is 29.4 Å². The molecule has 1 aromatic carbocycles. The number of carbonyl (C=O) groups excluding carboxylic acids is 1. The summed E-state index contributed by atoms with van der Waals surface area (Å²) in [5, 5.41) is 12.4. The quantitative estimate of drug-likeness (QED) is 0.757. The van der Waals surface area contributed by atoms with Crippen LogP contribution in [0.1, 0.15) is 43.7 Å². The topological polar surface area (TPSA) is 64.1 Å². The number of unbranched alkanes of at least 4 members (excludes halogenated alkanes) is 1. The van der Waals surface area contributed by atoms with Gasteiger partial charge in [0.05, 0.1) is 13.0 Å². The summed E-state index contributed by atoms with van der Waals surface area (Å²) in [6.07, 6.45) is 4.43. The monoisotopic (exact) mass is 333 g/mol. The molecule has 23 heavy (non-hydrogen) atoms. The van der Waals surface area contributed by atoms with Crippen molar-refractivity contribution in [3.05, 3.63) is 34.8 Å². The molecule has 2 rings (SSSR count). The van der Waals surface area contributed by atoms with E-state index in [-0.39, 0.29) is 5.91 Å². The predicted molar refractivity (Wildman–Crippen MR) is 93.1 cm³/mol. The minimum atomic E-state index is -0.103. The lowest BCUT2D eigenvalue weighted by molar-refractivity contribution is -0.116. The molecule has 2 aromatic rings. The molecule has 0 aliphatic rings. The maximum atomic E-state index is 11.9. The summed E-state index contributed by atoms with van der Waals surface area (Å²) in [5.41, 5.74) is 1.27. The van der Waals surface area contributed by atoms with Crippen molar-refractivity contribution in [3.8, 4) is 5.75 Å². The largest absolute Gasteiger partial charge is 0.493 e. The molecule has 0 unspecified atom stereocenters. The highest BCUT2D eigenvalue weighted by Gasteiger charge is 2.08. The Morgan fingerprint density at radius 3 is 2.70 bits per heavy atom. The van der Waals surface area contributed by atoms with E-state index in [0.717, 1.165) is 36.4 Å². The van der Waals surface area contributed by atoms with Crippen molar-refractivity contribution >= 4 is 22.4 Å². The molecule has 0 spiro atoms. The summed E-state index contributed by atoms with van der Waals surface area (Å²) in [6, 6.07) is 7.94. The van der Waals surface area contributed by atoms with Gasteiger partial charge in [-0.15, -0.1) is 10.2 Å². The minimum absolute atomic E-state index is 0.103. The Morgan fingerprint density at radius 2 is 2.00 bits per heavy atom. The first-order valence-corrected chi connectivity index (χ1v) is 8.87. The number of anilines is 1. The number of aryl methyl sites for hydroxylation is 2. The molecule has 0 saturated heterocycles. The molecule has 6 heteroatoms. The number of benzene rings is 1. The molecule has 1 N–H and O–H groups in total. The van der Waals surface area contributed by atoms with Crippen LogP contribution in [0, 0.1) is 0 Å². The van der Waals surface area contributed by atoms with Gasteiger partial charge in [0.1, 0.15) is 10.8 Å². The molecule has 0 radical (unpaired) electrons. The van der Waals surface area contributed by atoms with Crippen molar-refractivity contribution in [2.75, 3.05) is 11.9 Å². The third-order valence-electron chi connectivity index (χ3n) is 3.39. The van der Waals surface area contributed by atoms with Crippen LogP contribution in [0.15, 0.2) is 24.3 Å². The number of hydrogen-bond donors (Lipinski definition) is 1. The lowest BCUT2D eigenvalue weighted by Gasteiger charge is -2.06. The standard InChI is InChI=1S/C17H23N3O2S/c1-3-5-6-16-19-20-17(23-16)18-15(21)11-12-22-14-9-7-13(4-2)8-10-14/h7-10H,3-6,11-12H2,1-2H3,(H,18,20,21). The molecule has 0 atom stereocenters. The fourth-order valence-electron chi connectivity index (χ4n) is 2.00. The van der Waals surface area contributed by atoms with Gasteiger partial charge in [-0.05, 0) is 30.5 Å². The smallest absolute Gasteiger partial charge is 0.229 e. The Hall–Kier alpha value is -1.95. The van der Waals surface area contributed by atoms with Crippen molar-refractivity contribution in [2.45, 2.75) is 46.0 Å². The molecular formula is C17H23N3O2S. The van der Waals surface area contributed by atoms with Crippen LogP contribution < -0.4 is 10.1 Å². The Bertz CT molecular complexity index is 611. The van der Waals surface area contributed by atoms with E-state index in [4.69, 9.17) is 4.74 Å². The van der Waals surface area contributed by atoms with E-state index in [1.807, 2.05) is 24.3 Å². The number of amides is 1. The number of rotatable bonds is 9. The first kappa shape index (κ1) is 17.4. The molecule has 0 fully saturated rings. The average molecular weight is 333 g/mol. The third kappa shape index (κ3) is 5.98. The number of nitrogens with one attached hydrogen (secondary N) is 1. The number of hydrogen-bond acceptors (Lipinski definition) is 5. The maximum Gasteiger partial charge on any atom is 0.229 e. The Morgan fingerprint density at radius 1 is 1.22 bits per heavy atom. The molecular weight excluding hydrogens is 310 g/mol. The zero-order valence-electron chi connectivity index (χ0n) is 13.7. The van der Waals surface area contributed by atoms with Gasteiger partial charge in [0, 0.05) is 6.42 Å². The Kier molecular flexibility index (Phi) is 7.00. The van der Waals surface area contributed by atoms with Crippen molar-refractivity contribution in [3.63, 3.8) is 0 Å². The third-order valence-corrected chi connectivity index (χ3v) is 4.29. The molecule has 1 heterocycles. The zero-order valence-corrected chi connectivity index (χ0v) is 14.5. The van der Waals surface area contributed by atoms with Crippen LogP contribution in [0.3, 0.4) is 0 Å². The second-order valence-corrected chi connectivity index (χ2v) is 6.31. The maximum absolute atomic E-state index is 11.9. The molecule has 0 bridgehead atoms. The molecule has 5 nitrogen and oxygen atoms in total. The van der Waals surface area contributed by atoms with Gasteiger partial charge in [-0.25, -0.2) is 0 Å². The lowest BCUT2D eigenvalue weighted by atomic mass is 10.2. The molecule has 0 aliphatic carbocycles. The normalized spacial score (nSPS) is 10.5. The fraction of sp³-hybridized carbons (Fsp3) is 0.471. The number of aromatic nitrogens is 2. The predicted octanol–water partition coefficient (Wildman–Crippen LogP) is 3.85. The molecule has 124 valence electrons. The van der Waals surface area contributed by atoms with Crippen LogP contribution in [-0.4, -0.2) is 22.7 Å². The van der Waals surface area contributed by atoms with Crippen LogP contribution >= 0.6 is 11.3 Å². The molecule has 0 aliphatic heterocycles. The summed E-state index contributed by atoms with van der Waals surface area (Å²) in [4.78, 5) is 11.9. The van der Waals surface area contributed by atoms with Crippen LogP contribution in [-0.2, 0) is 17.6 Å². The summed E-state index contributed by atoms with van der Waals surface area (Å²) in [7, 11) is 0. The van der Waals surface area contributed by atoms with Gasteiger partial charge in [0.15, 0.2) is 0 Å². The Balaban J connectivity index is 1.71. The first-order valence-electron chi connectivity index (χ1n) is 8.05. The van der Waals surface area contributed by atoms with Crippen LogP contribution in [0.25, 0.3) is 0 Å². The van der Waals surface area contributed by atoms with E-state index >= 15 is 0 Å². The number of nitrogens with zero attached hydrogens (tertiary/aromatic N) is 2. The van der Waals surface area contributed by atoms with Crippen molar-refractivity contribution in [2.24, 2.45) is 0 Å². The summed E-state index contributed by atoms with van der Waals surface area (Å²) in [5.74, 6) is 0.682. The average Bonchev–Trinajstić information content (AvgIpc) is 3.01. The van der Waals surface area contributed by atoms with Gasteiger partial charge in [-0.1, -0.05) is 43.7 Å². The molecule has 1 aromatic heterocycles. The van der Waals surface area contributed by atoms with Gasteiger partial charge in [-0.3, -0.25) is 4.79 Å². The van der Waals surface area contributed by atoms with E-state index in [9.17, 15) is 4.79 Å². The highest BCUT2D eigenvalue weighted by molar-refractivity contribution is 7.15. The highest BCUT2D eigenvalue weighted by Crippen LogP contribution is 2.17. The van der Waals surface area contributed by atoms with E-state index in [1.54, 1.807) is 0 Å². The van der Waals surface area contributed by atoms with E-state index in [1.165, 1.54) is 16.9 Å². The van der Waals surface area contributed by atoms with Crippen molar-refractivity contribution < 1.29 is 9.53 Å². The molecule has 0 saturated carbocycles. The van der Waals surface area contributed by atoms with E-state index < -0.39 is 0 Å². The number of carbonyl (C=O) groups is 1. The van der Waals surface area contributed by atoms with Gasteiger partial charge < -0.3 is 10.1 Å². The van der Waals surface area contributed by atoms with Gasteiger partial charge in [0.25, 0.3) is 0 Å². The van der Waals surface area contributed by atoms with Gasteiger partial charge in [-0.2, -0.15) is 0 Å². The lowest BCUT2D eigenvalue weighted by Crippen LogP contribution is -2.15. The summed E-state index contributed by atoms with van der Waals surface area (Å²) >= 11 is 1.44. The second kappa shape index (κ2) is 9.25. The van der Waals surface area contributed by atoms with Crippen molar-refractivity contribution in [1.82, 2.24) is 10.2 Å². The fourth-order valence-corrected chi connectivity index (χ4v) is 2.80. The highest BCUT2D eigenvalue weighted by atomic mass is 32.1. The van der Waals surface area contributed by atoms with Crippen LogP contribution in [0.5, 0.6) is 5.75 Å². The first-order chi connectivity index (χ1) is 11.2. The summed E-state index contributed by atoms with van der Waals surface area (Å²) in [6.45, 7) is 4.60. The minimum Gasteiger partial charge on any atom is -0.493 e.